The maximum Gasteiger partial charge on any atom is 0.252 e. The van der Waals surface area contributed by atoms with Crippen molar-refractivity contribution in [2.75, 3.05) is 12.8 Å². The number of carbonyl (C=O) groups is 1. The zero-order chi connectivity index (χ0) is 13.6. The monoisotopic (exact) mass is 262 g/mol. The predicted molar refractivity (Wildman–Crippen MR) is 69.0 cm³/mol. The van der Waals surface area contributed by atoms with Crippen LogP contribution in [0, 0.1) is 5.92 Å². The molecule has 1 unspecified atom stereocenters. The first-order valence-electron chi connectivity index (χ1n) is 5.50. The van der Waals surface area contributed by atoms with E-state index in [0.717, 1.165) is 11.8 Å². The molecule has 0 rings (SSSR count). The van der Waals surface area contributed by atoms with Gasteiger partial charge < -0.3 is 0 Å². The van der Waals surface area contributed by atoms with E-state index in [9.17, 15) is 13.2 Å². The lowest BCUT2D eigenvalue weighted by Crippen LogP contribution is -2.47. The average molecular weight is 262 g/mol. The molecule has 0 aliphatic rings. The van der Waals surface area contributed by atoms with E-state index in [1.54, 1.807) is 6.92 Å². The minimum atomic E-state index is -3.38. The first-order chi connectivity index (χ1) is 7.64. The molecule has 1 amide bonds. The largest absolute Gasteiger partial charge is 0.290 e. The van der Waals surface area contributed by atoms with Crippen LogP contribution in [-0.2, 0) is 14.6 Å². The average Bonchev–Trinajstić information content (AvgIpc) is 2.11. The summed E-state index contributed by atoms with van der Waals surface area (Å²) in [6.45, 7) is 9.65. The van der Waals surface area contributed by atoms with Crippen LogP contribution >= 0.6 is 0 Å². The molecule has 0 aromatic rings. The molecule has 0 bridgehead atoms. The normalized spacial score (nSPS) is 13.5. The van der Waals surface area contributed by atoms with E-state index in [-0.39, 0.29) is 5.92 Å². The first-order valence-corrected chi connectivity index (χ1v) is 7.46. The van der Waals surface area contributed by atoms with Crippen LogP contribution in [0.3, 0.4) is 0 Å². The van der Waals surface area contributed by atoms with Gasteiger partial charge in [0.15, 0.2) is 9.84 Å². The van der Waals surface area contributed by atoms with Crippen molar-refractivity contribution in [3.63, 3.8) is 0 Å². The van der Waals surface area contributed by atoms with Crippen LogP contribution in [0.5, 0.6) is 0 Å². The third-order valence-corrected chi connectivity index (χ3v) is 3.54. The molecule has 0 aromatic carbocycles. The lowest BCUT2D eigenvalue weighted by molar-refractivity contribution is -0.121. The topological polar surface area (TPSA) is 75.3 Å². The highest BCUT2D eigenvalue weighted by molar-refractivity contribution is 7.92. The summed E-state index contributed by atoms with van der Waals surface area (Å²) in [4.78, 5) is 11.7. The molecule has 6 heteroatoms. The Labute approximate surface area is 104 Å². The summed E-state index contributed by atoms with van der Waals surface area (Å²) >= 11 is 0. The quantitative estimate of drug-likeness (QED) is 0.521. The van der Waals surface area contributed by atoms with E-state index < -0.39 is 21.0 Å². The van der Waals surface area contributed by atoms with Gasteiger partial charge in [0.25, 0.3) is 5.91 Å². The Balaban J connectivity index is 4.50. The Kier molecular flexibility index (Phi) is 6.41. The predicted octanol–water partition coefficient (Wildman–Crippen LogP) is 0.643. The fraction of sp³-hybridized carbons (Fsp3) is 0.727. The Morgan fingerprint density at radius 1 is 1.35 bits per heavy atom. The van der Waals surface area contributed by atoms with Gasteiger partial charge in [-0.1, -0.05) is 26.0 Å². The molecule has 0 fully saturated rings. The van der Waals surface area contributed by atoms with Crippen molar-refractivity contribution in [1.29, 1.82) is 0 Å². The number of sulfone groups is 1. The van der Waals surface area contributed by atoms with Gasteiger partial charge in [0, 0.05) is 12.8 Å². The molecule has 0 spiro atoms. The Morgan fingerprint density at radius 3 is 2.24 bits per heavy atom. The van der Waals surface area contributed by atoms with Crippen LogP contribution in [0.4, 0.5) is 0 Å². The van der Waals surface area contributed by atoms with Gasteiger partial charge in [-0.3, -0.25) is 10.2 Å². The van der Waals surface area contributed by atoms with E-state index in [2.05, 4.69) is 17.4 Å². The van der Waals surface area contributed by atoms with Gasteiger partial charge in [0.1, 0.15) is 5.25 Å². The van der Waals surface area contributed by atoms with Crippen LogP contribution < -0.4 is 10.9 Å². The van der Waals surface area contributed by atoms with Gasteiger partial charge in [-0.25, -0.2) is 13.8 Å². The van der Waals surface area contributed by atoms with Gasteiger partial charge in [0.05, 0.1) is 0 Å². The number of hydrazine groups is 1. The van der Waals surface area contributed by atoms with Crippen LogP contribution in [0.1, 0.15) is 27.2 Å². The minimum absolute atomic E-state index is 0.140. The maximum atomic E-state index is 11.7. The summed E-state index contributed by atoms with van der Waals surface area (Å²) in [7, 11) is -3.38. The Bertz CT molecular complexity index is 374. The number of nitrogens with one attached hydrogen (secondary N) is 2. The third-order valence-electron chi connectivity index (χ3n) is 2.10. The van der Waals surface area contributed by atoms with Crippen LogP contribution in [0.25, 0.3) is 0 Å². The second-order valence-electron chi connectivity index (χ2n) is 4.75. The van der Waals surface area contributed by atoms with Crippen molar-refractivity contribution >= 4 is 15.7 Å². The number of rotatable bonds is 7. The second-order valence-corrected chi connectivity index (χ2v) is 6.98. The third kappa shape index (κ3) is 7.12. The molecule has 0 aliphatic carbocycles. The molecule has 100 valence electrons. The summed E-state index contributed by atoms with van der Waals surface area (Å²) in [5.41, 5.74) is 5.90. The van der Waals surface area contributed by atoms with Crippen molar-refractivity contribution < 1.29 is 13.2 Å². The number of amides is 1. The van der Waals surface area contributed by atoms with Crippen molar-refractivity contribution in [3.05, 3.63) is 12.2 Å². The van der Waals surface area contributed by atoms with Gasteiger partial charge in [-0.2, -0.15) is 0 Å². The van der Waals surface area contributed by atoms with Crippen molar-refractivity contribution in [2.24, 2.45) is 5.92 Å². The Hall–Kier alpha value is -0.880. The standard InChI is InChI=1S/C11H22N2O3S/c1-8(2)6-10(17(5,15)16)11(14)13-12-7-9(3)4/h8,10,12H,3,6-7H2,1-2,4-5H3,(H,13,14). The molecule has 0 radical (unpaired) electrons. The van der Waals surface area contributed by atoms with E-state index in [0.29, 0.717) is 13.0 Å². The fourth-order valence-electron chi connectivity index (χ4n) is 1.27. The van der Waals surface area contributed by atoms with E-state index >= 15 is 0 Å². The molecular weight excluding hydrogens is 240 g/mol. The zero-order valence-electron chi connectivity index (χ0n) is 10.9. The smallest absolute Gasteiger partial charge is 0.252 e. The molecule has 0 aliphatic heterocycles. The summed E-state index contributed by atoms with van der Waals surface area (Å²) in [5.74, 6) is -0.371. The first kappa shape index (κ1) is 16.1. The molecule has 0 saturated carbocycles. The molecule has 17 heavy (non-hydrogen) atoms. The molecule has 0 saturated heterocycles. The van der Waals surface area contributed by atoms with Gasteiger partial charge >= 0.3 is 0 Å². The van der Waals surface area contributed by atoms with Gasteiger partial charge in [0.2, 0.25) is 0 Å². The molecular formula is C11H22N2O3S. The number of hydrogen-bond acceptors (Lipinski definition) is 4. The highest BCUT2D eigenvalue weighted by atomic mass is 32.2. The van der Waals surface area contributed by atoms with Crippen molar-refractivity contribution in [2.45, 2.75) is 32.4 Å². The fourth-order valence-corrected chi connectivity index (χ4v) is 2.45. The van der Waals surface area contributed by atoms with Gasteiger partial charge in [-0.15, -0.1) is 0 Å². The van der Waals surface area contributed by atoms with Crippen LogP contribution in [-0.4, -0.2) is 32.4 Å². The minimum Gasteiger partial charge on any atom is -0.290 e. The highest BCUT2D eigenvalue weighted by Crippen LogP contribution is 2.12. The van der Waals surface area contributed by atoms with Crippen LogP contribution in [0.2, 0.25) is 0 Å². The van der Waals surface area contributed by atoms with Crippen molar-refractivity contribution in [1.82, 2.24) is 10.9 Å². The molecule has 0 aromatic heterocycles. The van der Waals surface area contributed by atoms with Crippen molar-refractivity contribution in [3.8, 4) is 0 Å². The van der Waals surface area contributed by atoms with E-state index in [1.165, 1.54) is 0 Å². The lowest BCUT2D eigenvalue weighted by atomic mass is 10.1. The van der Waals surface area contributed by atoms with Crippen LogP contribution in [0.15, 0.2) is 12.2 Å². The molecule has 5 nitrogen and oxygen atoms in total. The Morgan fingerprint density at radius 2 is 1.88 bits per heavy atom. The second kappa shape index (κ2) is 6.76. The van der Waals surface area contributed by atoms with E-state index in [4.69, 9.17) is 0 Å². The SMILES string of the molecule is C=C(C)CNNC(=O)C(CC(C)C)S(C)(=O)=O. The number of hydrogen-bond donors (Lipinski definition) is 2. The molecule has 2 N–H and O–H groups in total. The maximum absolute atomic E-state index is 11.7. The molecule has 1 atom stereocenters. The lowest BCUT2D eigenvalue weighted by Gasteiger charge is -2.17. The molecule has 0 heterocycles. The summed E-state index contributed by atoms with van der Waals surface area (Å²) < 4.78 is 23.0. The zero-order valence-corrected chi connectivity index (χ0v) is 11.7. The summed E-state index contributed by atoms with van der Waals surface area (Å²) in [6, 6.07) is 0. The summed E-state index contributed by atoms with van der Waals surface area (Å²) in [6.07, 6.45) is 1.40. The van der Waals surface area contributed by atoms with Gasteiger partial charge in [-0.05, 0) is 19.3 Å². The highest BCUT2D eigenvalue weighted by Gasteiger charge is 2.29. The number of carbonyl (C=O) groups excluding carboxylic acids is 1. The van der Waals surface area contributed by atoms with E-state index in [1.807, 2.05) is 13.8 Å². The summed E-state index contributed by atoms with van der Waals surface area (Å²) in [5, 5.41) is -1.000.